The van der Waals surface area contributed by atoms with Gasteiger partial charge >= 0.3 is 0 Å². The zero-order valence-electron chi connectivity index (χ0n) is 16.3. The summed E-state index contributed by atoms with van der Waals surface area (Å²) in [5, 5.41) is 2.11. The molecule has 1 heterocycles. The fraction of sp³-hybridized carbons (Fsp3) is 0.708. The van der Waals surface area contributed by atoms with E-state index in [2.05, 4.69) is 37.4 Å². The van der Waals surface area contributed by atoms with Crippen molar-refractivity contribution in [1.82, 2.24) is 0 Å². The minimum absolute atomic E-state index is 0.0812. The molecule has 26 heavy (non-hydrogen) atoms. The van der Waals surface area contributed by atoms with Crippen LogP contribution in [0, 0.1) is 34.5 Å². The number of Topliss-reactive ketones (excluding diaryl/α,β-unsaturated/α-hetero) is 1. The highest BCUT2D eigenvalue weighted by atomic mass is 32.1. The maximum Gasteiger partial charge on any atom is 0.165 e. The average molecular weight is 369 g/mol. The number of hydrogen-bond donors (Lipinski definition) is 0. The van der Waals surface area contributed by atoms with Crippen LogP contribution in [0.2, 0.25) is 0 Å². The van der Waals surface area contributed by atoms with E-state index in [1.54, 1.807) is 11.3 Å². The molecule has 0 saturated heterocycles. The molecule has 0 amide bonds. The van der Waals surface area contributed by atoms with E-state index in [9.17, 15) is 4.79 Å². The highest BCUT2D eigenvalue weighted by molar-refractivity contribution is 7.10. The van der Waals surface area contributed by atoms with Gasteiger partial charge in [0.25, 0.3) is 0 Å². The summed E-state index contributed by atoms with van der Waals surface area (Å²) < 4.78 is 0. The molecule has 0 N–H and O–H groups in total. The van der Waals surface area contributed by atoms with Crippen molar-refractivity contribution in [2.75, 3.05) is 0 Å². The van der Waals surface area contributed by atoms with Crippen LogP contribution in [-0.4, -0.2) is 5.78 Å². The molecular weight excluding hydrogens is 336 g/mol. The predicted octanol–water partition coefficient (Wildman–Crippen LogP) is 6.74. The van der Waals surface area contributed by atoms with Crippen LogP contribution in [0.1, 0.15) is 76.5 Å². The molecule has 6 atom stereocenters. The van der Waals surface area contributed by atoms with Crippen molar-refractivity contribution in [1.29, 1.82) is 0 Å². The highest BCUT2D eigenvalue weighted by Gasteiger charge is 2.60. The van der Waals surface area contributed by atoms with Gasteiger partial charge in [-0.3, -0.25) is 4.79 Å². The van der Waals surface area contributed by atoms with Gasteiger partial charge in [-0.1, -0.05) is 32.8 Å². The van der Waals surface area contributed by atoms with E-state index in [4.69, 9.17) is 0 Å². The molecule has 0 radical (unpaired) electrons. The van der Waals surface area contributed by atoms with Gasteiger partial charge in [0.2, 0.25) is 0 Å². The van der Waals surface area contributed by atoms with E-state index >= 15 is 0 Å². The fourth-order valence-electron chi connectivity index (χ4n) is 7.64. The van der Waals surface area contributed by atoms with Gasteiger partial charge in [-0.05, 0) is 97.1 Å². The zero-order valence-corrected chi connectivity index (χ0v) is 17.1. The Bertz CT molecular complexity index is 731. The summed E-state index contributed by atoms with van der Waals surface area (Å²) in [4.78, 5) is 14.6. The molecule has 1 aromatic heterocycles. The van der Waals surface area contributed by atoms with Crippen molar-refractivity contribution in [3.63, 3.8) is 0 Å². The molecule has 4 aliphatic carbocycles. The maximum atomic E-state index is 13.4. The quantitative estimate of drug-likeness (QED) is 0.501. The van der Waals surface area contributed by atoms with Gasteiger partial charge in [0, 0.05) is 10.3 Å². The van der Waals surface area contributed by atoms with Crippen LogP contribution in [-0.2, 0) is 4.79 Å². The van der Waals surface area contributed by atoms with Crippen molar-refractivity contribution < 1.29 is 4.79 Å². The Balaban J connectivity index is 1.47. The van der Waals surface area contributed by atoms with E-state index in [1.807, 2.05) is 0 Å². The van der Waals surface area contributed by atoms with Crippen LogP contribution in [0.3, 0.4) is 0 Å². The molecular formula is C24H32OS. The predicted molar refractivity (Wildman–Crippen MR) is 109 cm³/mol. The minimum Gasteiger partial charge on any atom is -0.294 e. The summed E-state index contributed by atoms with van der Waals surface area (Å²) in [6.45, 7) is 4.93. The fourth-order valence-corrected chi connectivity index (χ4v) is 8.32. The number of allylic oxidation sites excluding steroid dienone is 1. The Morgan fingerprint density at radius 1 is 1.08 bits per heavy atom. The van der Waals surface area contributed by atoms with Crippen molar-refractivity contribution in [3.8, 4) is 0 Å². The number of fused-ring (bicyclic) bond motifs is 5. The van der Waals surface area contributed by atoms with Gasteiger partial charge in [0.05, 0.1) is 0 Å². The third-order valence-corrected chi connectivity index (χ3v) is 9.90. The number of hydrogen-bond acceptors (Lipinski definition) is 2. The Kier molecular flexibility index (Phi) is 4.01. The second kappa shape index (κ2) is 6.06. The second-order valence-electron chi connectivity index (χ2n) is 10.1. The lowest BCUT2D eigenvalue weighted by molar-refractivity contribution is -0.137. The SMILES string of the molecule is C[C@]12CCCC[C@@H]1CC[C@@H]1[C@H]3C/C(=C\c4cccs4)C(=O)[C@@]3(C)CC[C@@H]12. The first-order valence-electron chi connectivity index (χ1n) is 10.8. The van der Waals surface area contributed by atoms with Crippen molar-refractivity contribution >= 4 is 23.2 Å². The minimum atomic E-state index is -0.0812. The number of ketones is 1. The van der Waals surface area contributed by atoms with Crippen molar-refractivity contribution in [2.45, 2.75) is 71.6 Å². The first-order chi connectivity index (χ1) is 12.5. The van der Waals surface area contributed by atoms with Gasteiger partial charge in [0.1, 0.15) is 0 Å². The smallest absolute Gasteiger partial charge is 0.165 e. The second-order valence-corrected chi connectivity index (χ2v) is 11.1. The number of thiophene rings is 1. The van der Waals surface area contributed by atoms with Crippen LogP contribution in [0.4, 0.5) is 0 Å². The molecule has 4 fully saturated rings. The average Bonchev–Trinajstić information content (AvgIpc) is 3.23. The third-order valence-electron chi connectivity index (χ3n) is 9.08. The largest absolute Gasteiger partial charge is 0.294 e. The Hall–Kier alpha value is -0.890. The van der Waals surface area contributed by atoms with Crippen molar-refractivity contribution in [3.05, 3.63) is 28.0 Å². The summed E-state index contributed by atoms with van der Waals surface area (Å²) in [7, 11) is 0. The normalized spacial score (nSPS) is 46.7. The number of carbonyl (C=O) groups is 1. The lowest BCUT2D eigenvalue weighted by atomic mass is 9.45. The van der Waals surface area contributed by atoms with E-state index in [0.29, 0.717) is 17.1 Å². The van der Waals surface area contributed by atoms with Crippen LogP contribution >= 0.6 is 11.3 Å². The molecule has 1 nitrogen and oxygen atoms in total. The summed E-state index contributed by atoms with van der Waals surface area (Å²) in [5.41, 5.74) is 1.60. The van der Waals surface area contributed by atoms with E-state index in [-0.39, 0.29) is 5.41 Å². The monoisotopic (exact) mass is 368 g/mol. The molecule has 0 bridgehead atoms. The van der Waals surface area contributed by atoms with Gasteiger partial charge < -0.3 is 0 Å². The molecule has 0 aliphatic heterocycles. The first-order valence-corrected chi connectivity index (χ1v) is 11.7. The number of rotatable bonds is 1. The molecule has 0 unspecified atom stereocenters. The topological polar surface area (TPSA) is 17.1 Å². The summed E-state index contributed by atoms with van der Waals surface area (Å²) in [6, 6.07) is 4.23. The molecule has 1 aromatic rings. The van der Waals surface area contributed by atoms with Crippen molar-refractivity contribution in [2.24, 2.45) is 34.5 Å². The third kappa shape index (κ3) is 2.37. The lowest BCUT2D eigenvalue weighted by Crippen LogP contribution is -2.52. The lowest BCUT2D eigenvalue weighted by Gasteiger charge is -2.59. The molecule has 4 saturated carbocycles. The standard InChI is InChI=1S/C24H32OS/c1-23-11-4-3-6-17(23)8-9-19-20(23)10-12-24(2)21(19)15-16(22(24)25)14-18-7-5-13-26-18/h5,7,13-14,17,19-21H,3-4,6,8-12,15H2,1-2H3/b16-14+/t17-,19+,20+,21-,23+,24+/m1/s1. The Labute approximate surface area is 162 Å². The Morgan fingerprint density at radius 3 is 2.77 bits per heavy atom. The first kappa shape index (κ1) is 17.2. The molecule has 5 rings (SSSR count). The summed E-state index contributed by atoms with van der Waals surface area (Å²) in [5.74, 6) is 3.69. The zero-order chi connectivity index (χ0) is 17.9. The highest BCUT2D eigenvalue weighted by Crippen LogP contribution is 2.66. The molecule has 2 heteroatoms. The van der Waals surface area contributed by atoms with E-state index < -0.39 is 0 Å². The van der Waals surface area contributed by atoms with Gasteiger partial charge in [0.15, 0.2) is 5.78 Å². The van der Waals surface area contributed by atoms with Crippen LogP contribution < -0.4 is 0 Å². The maximum absolute atomic E-state index is 13.4. The molecule has 0 aromatic carbocycles. The van der Waals surface area contributed by atoms with Gasteiger partial charge in [-0.2, -0.15) is 0 Å². The Morgan fingerprint density at radius 2 is 1.96 bits per heavy atom. The van der Waals surface area contributed by atoms with E-state index in [1.165, 1.54) is 49.8 Å². The van der Waals surface area contributed by atoms with Gasteiger partial charge in [-0.25, -0.2) is 0 Å². The van der Waals surface area contributed by atoms with Crippen LogP contribution in [0.25, 0.3) is 6.08 Å². The van der Waals surface area contributed by atoms with Crippen LogP contribution in [0.5, 0.6) is 0 Å². The van der Waals surface area contributed by atoms with E-state index in [0.717, 1.165) is 36.2 Å². The number of carbonyl (C=O) groups excluding carboxylic acids is 1. The molecule has 4 aliphatic rings. The molecule has 0 spiro atoms. The van der Waals surface area contributed by atoms with Gasteiger partial charge in [-0.15, -0.1) is 11.3 Å². The van der Waals surface area contributed by atoms with Crippen LogP contribution in [0.15, 0.2) is 23.1 Å². The molecule has 140 valence electrons. The summed E-state index contributed by atoms with van der Waals surface area (Å²) in [6.07, 6.45) is 14.2. The summed E-state index contributed by atoms with van der Waals surface area (Å²) >= 11 is 1.75.